The third-order valence-electron chi connectivity index (χ3n) is 2.04. The van der Waals surface area contributed by atoms with Gasteiger partial charge in [0.25, 0.3) is 0 Å². The van der Waals surface area contributed by atoms with Gasteiger partial charge in [-0.1, -0.05) is 16.5 Å². The Hall–Kier alpha value is -1.01. The first kappa shape index (κ1) is 15.0. The molecule has 0 fully saturated rings. The molecule has 1 unspecified atom stereocenters. The van der Waals surface area contributed by atoms with Gasteiger partial charge in [-0.05, 0) is 38.5 Å². The van der Waals surface area contributed by atoms with Crippen LogP contribution in [0.4, 0.5) is 13.2 Å². The SMILES string of the molecule is CC(C)(C)[S+]([O-])/N=C\c1cccc(C(F)(F)F)c1. The highest BCUT2D eigenvalue weighted by Crippen LogP contribution is 2.29. The highest BCUT2D eigenvalue weighted by atomic mass is 32.2. The average Bonchev–Trinajstić information content (AvgIpc) is 2.23. The van der Waals surface area contributed by atoms with Gasteiger partial charge in [-0.25, -0.2) is 0 Å². The zero-order valence-electron chi connectivity index (χ0n) is 10.3. The molecule has 0 aliphatic carbocycles. The van der Waals surface area contributed by atoms with Crippen LogP contribution in [0.1, 0.15) is 31.9 Å². The molecule has 0 N–H and O–H groups in total. The number of hydrogen-bond acceptors (Lipinski definition) is 2. The van der Waals surface area contributed by atoms with E-state index >= 15 is 0 Å². The number of benzene rings is 1. The second kappa shape index (κ2) is 5.32. The van der Waals surface area contributed by atoms with Crippen LogP contribution in [0.3, 0.4) is 0 Å². The predicted octanol–water partition coefficient (Wildman–Crippen LogP) is 3.59. The van der Waals surface area contributed by atoms with Crippen LogP contribution in [0.15, 0.2) is 28.7 Å². The van der Waals surface area contributed by atoms with E-state index in [1.54, 1.807) is 20.8 Å². The van der Waals surface area contributed by atoms with Gasteiger partial charge in [0.2, 0.25) is 0 Å². The average molecular weight is 277 g/mol. The van der Waals surface area contributed by atoms with Crippen molar-refractivity contribution in [2.24, 2.45) is 4.40 Å². The molecule has 1 aromatic rings. The van der Waals surface area contributed by atoms with Gasteiger partial charge in [0, 0.05) is 0 Å². The van der Waals surface area contributed by atoms with Crippen LogP contribution < -0.4 is 0 Å². The third-order valence-corrected chi connectivity index (χ3v) is 3.38. The first-order valence-electron chi connectivity index (χ1n) is 5.24. The molecule has 1 aromatic carbocycles. The van der Waals surface area contributed by atoms with Crippen molar-refractivity contribution >= 4 is 17.6 Å². The number of hydrogen-bond donors (Lipinski definition) is 0. The Labute approximate surface area is 107 Å². The molecular formula is C12H14F3NOS. The van der Waals surface area contributed by atoms with Crippen LogP contribution in [0, 0.1) is 0 Å². The largest absolute Gasteiger partial charge is 0.591 e. The van der Waals surface area contributed by atoms with E-state index < -0.39 is 27.8 Å². The molecule has 0 aliphatic heterocycles. The lowest BCUT2D eigenvalue weighted by atomic mass is 10.1. The zero-order chi connectivity index (χ0) is 14.0. The standard InChI is InChI=1S/C12H14F3NOS/c1-11(2,3)18(17)16-8-9-5-4-6-10(7-9)12(13,14)15/h4-8H,1-3H3/b16-8-. The normalized spacial score (nSPS) is 15.1. The summed E-state index contributed by atoms with van der Waals surface area (Å²) in [4.78, 5) is 0. The summed E-state index contributed by atoms with van der Waals surface area (Å²) >= 11 is -1.48. The Morgan fingerprint density at radius 1 is 1.22 bits per heavy atom. The fraction of sp³-hybridized carbons (Fsp3) is 0.417. The van der Waals surface area contributed by atoms with Gasteiger partial charge in [0.1, 0.15) is 16.1 Å². The van der Waals surface area contributed by atoms with Gasteiger partial charge in [0.05, 0.1) is 11.8 Å². The van der Waals surface area contributed by atoms with Crippen LogP contribution in [-0.2, 0) is 17.5 Å². The van der Waals surface area contributed by atoms with Crippen molar-refractivity contribution in [2.45, 2.75) is 31.7 Å². The predicted molar refractivity (Wildman–Crippen MR) is 66.9 cm³/mol. The summed E-state index contributed by atoms with van der Waals surface area (Å²) in [5.41, 5.74) is -0.463. The minimum atomic E-state index is -4.38. The summed E-state index contributed by atoms with van der Waals surface area (Å²) in [6.45, 7) is 5.23. The Bertz CT molecular complexity index is 438. The summed E-state index contributed by atoms with van der Waals surface area (Å²) in [5, 5.41) is 0. The smallest absolute Gasteiger partial charge is 0.416 e. The van der Waals surface area contributed by atoms with E-state index in [-0.39, 0.29) is 5.56 Å². The van der Waals surface area contributed by atoms with Crippen molar-refractivity contribution in [3.63, 3.8) is 0 Å². The zero-order valence-corrected chi connectivity index (χ0v) is 11.1. The molecule has 2 nitrogen and oxygen atoms in total. The fourth-order valence-corrected chi connectivity index (χ4v) is 1.60. The number of rotatable bonds is 2. The van der Waals surface area contributed by atoms with Gasteiger partial charge >= 0.3 is 6.18 Å². The summed E-state index contributed by atoms with van der Waals surface area (Å²) in [5.74, 6) is 0. The molecule has 6 heteroatoms. The van der Waals surface area contributed by atoms with Crippen LogP contribution in [0.25, 0.3) is 0 Å². The molecule has 1 rings (SSSR count). The van der Waals surface area contributed by atoms with Crippen molar-refractivity contribution in [1.82, 2.24) is 0 Å². The lowest BCUT2D eigenvalue weighted by Gasteiger charge is -2.17. The topological polar surface area (TPSA) is 35.4 Å². The van der Waals surface area contributed by atoms with Crippen LogP contribution in [0.5, 0.6) is 0 Å². The molecule has 0 aliphatic rings. The second-order valence-electron chi connectivity index (χ2n) is 4.72. The Morgan fingerprint density at radius 2 is 1.83 bits per heavy atom. The molecule has 0 heterocycles. The fourth-order valence-electron chi connectivity index (χ4n) is 1.06. The quantitative estimate of drug-likeness (QED) is 0.601. The maximum atomic E-state index is 12.5. The molecule has 0 aromatic heterocycles. The molecule has 1 atom stereocenters. The minimum absolute atomic E-state index is 0.280. The van der Waals surface area contributed by atoms with Gasteiger partial charge in [-0.3, -0.25) is 0 Å². The molecule has 0 saturated heterocycles. The molecule has 0 bridgehead atoms. The van der Waals surface area contributed by atoms with Crippen LogP contribution >= 0.6 is 0 Å². The molecule has 0 amide bonds. The first-order chi connectivity index (χ1) is 8.10. The van der Waals surface area contributed by atoms with Gasteiger partial charge in [-0.2, -0.15) is 13.2 Å². The highest BCUT2D eigenvalue weighted by Gasteiger charge is 2.30. The number of nitrogens with zero attached hydrogens (tertiary/aromatic N) is 1. The molecule has 18 heavy (non-hydrogen) atoms. The lowest BCUT2D eigenvalue weighted by Crippen LogP contribution is -2.25. The Kier molecular flexibility index (Phi) is 4.45. The van der Waals surface area contributed by atoms with Crippen LogP contribution in [-0.4, -0.2) is 15.5 Å². The minimum Gasteiger partial charge on any atom is -0.591 e. The van der Waals surface area contributed by atoms with E-state index in [2.05, 4.69) is 4.40 Å². The molecule has 100 valence electrons. The molecule has 0 radical (unpaired) electrons. The van der Waals surface area contributed by atoms with Gasteiger partial charge < -0.3 is 4.55 Å². The summed E-state index contributed by atoms with van der Waals surface area (Å²) in [7, 11) is 0. The molecule has 0 saturated carbocycles. The summed E-state index contributed by atoms with van der Waals surface area (Å²) in [6.07, 6.45) is -3.18. The van der Waals surface area contributed by atoms with E-state index in [4.69, 9.17) is 0 Å². The second-order valence-corrected chi connectivity index (χ2v) is 6.65. The molecular weight excluding hydrogens is 263 g/mol. The van der Waals surface area contributed by atoms with Crippen LogP contribution in [0.2, 0.25) is 0 Å². The Morgan fingerprint density at radius 3 is 2.33 bits per heavy atom. The third kappa shape index (κ3) is 4.34. The monoisotopic (exact) mass is 277 g/mol. The van der Waals surface area contributed by atoms with Crippen molar-refractivity contribution in [1.29, 1.82) is 0 Å². The van der Waals surface area contributed by atoms with E-state index in [1.165, 1.54) is 18.3 Å². The molecule has 0 spiro atoms. The maximum absolute atomic E-state index is 12.5. The number of halogens is 3. The van der Waals surface area contributed by atoms with Crippen molar-refractivity contribution in [2.75, 3.05) is 0 Å². The van der Waals surface area contributed by atoms with Gasteiger partial charge in [-0.15, -0.1) is 0 Å². The number of alkyl halides is 3. The lowest BCUT2D eigenvalue weighted by molar-refractivity contribution is -0.137. The van der Waals surface area contributed by atoms with E-state index in [1.807, 2.05) is 0 Å². The van der Waals surface area contributed by atoms with Crippen molar-refractivity contribution < 1.29 is 17.7 Å². The van der Waals surface area contributed by atoms with Crippen molar-refractivity contribution in [3.05, 3.63) is 35.4 Å². The summed E-state index contributed by atoms with van der Waals surface area (Å²) < 4.78 is 52.2. The summed E-state index contributed by atoms with van der Waals surface area (Å²) in [6, 6.07) is 4.74. The maximum Gasteiger partial charge on any atom is 0.416 e. The van der Waals surface area contributed by atoms with E-state index in [0.717, 1.165) is 12.1 Å². The Balaban J connectivity index is 2.90. The van der Waals surface area contributed by atoms with Gasteiger partial charge in [0.15, 0.2) is 0 Å². The van der Waals surface area contributed by atoms with E-state index in [9.17, 15) is 17.7 Å². The highest BCUT2D eigenvalue weighted by molar-refractivity contribution is 7.91. The first-order valence-corrected chi connectivity index (χ1v) is 6.35. The van der Waals surface area contributed by atoms with Crippen molar-refractivity contribution in [3.8, 4) is 0 Å². The van der Waals surface area contributed by atoms with E-state index in [0.29, 0.717) is 0 Å².